The molecule has 4 heteroatoms. The third kappa shape index (κ3) is 3.16. The Kier molecular flexibility index (Phi) is 4.87. The van der Waals surface area contributed by atoms with Crippen LogP contribution in [0.25, 0.3) is 0 Å². The molecule has 1 rings (SSSR count). The van der Waals surface area contributed by atoms with Crippen LogP contribution in [0, 0.1) is 5.92 Å². The van der Waals surface area contributed by atoms with Crippen molar-refractivity contribution in [3.8, 4) is 0 Å². The van der Waals surface area contributed by atoms with Crippen LogP contribution in [0.2, 0.25) is 0 Å². The first-order valence-corrected chi connectivity index (χ1v) is 6.75. The molecule has 94 valence electrons. The number of nitrogens with two attached hydrogens (primary N) is 1. The van der Waals surface area contributed by atoms with E-state index in [-0.39, 0.29) is 17.8 Å². The Hall–Kier alpha value is -1.16. The van der Waals surface area contributed by atoms with Crippen molar-refractivity contribution in [3.05, 3.63) is 23.8 Å². The summed E-state index contributed by atoms with van der Waals surface area (Å²) in [6, 6.07) is 5.72. The van der Waals surface area contributed by atoms with Gasteiger partial charge in [-0.2, -0.15) is 0 Å². The van der Waals surface area contributed by atoms with E-state index in [1.54, 1.807) is 11.8 Å². The van der Waals surface area contributed by atoms with Gasteiger partial charge in [-0.1, -0.05) is 19.9 Å². The van der Waals surface area contributed by atoms with E-state index >= 15 is 0 Å². The van der Waals surface area contributed by atoms with Gasteiger partial charge in [0, 0.05) is 10.6 Å². The lowest BCUT2D eigenvalue weighted by Gasteiger charge is -2.19. The highest BCUT2D eigenvalue weighted by Gasteiger charge is 2.25. The van der Waals surface area contributed by atoms with Crippen LogP contribution in [-0.4, -0.2) is 19.3 Å². The molecule has 0 saturated carbocycles. The predicted octanol–water partition coefficient (Wildman–Crippen LogP) is 2.90. The van der Waals surface area contributed by atoms with Gasteiger partial charge in [0.25, 0.3) is 0 Å². The Morgan fingerprint density at radius 1 is 1.41 bits per heavy atom. The zero-order valence-electron chi connectivity index (χ0n) is 10.7. The molecule has 0 heterocycles. The molecule has 0 amide bonds. The number of methoxy groups -OCH3 is 1. The number of benzene rings is 1. The van der Waals surface area contributed by atoms with Crippen molar-refractivity contribution in [2.75, 3.05) is 19.1 Å². The molecular weight excluding hydrogens is 234 g/mol. The summed E-state index contributed by atoms with van der Waals surface area (Å²) in [4.78, 5) is 12.8. The standard InChI is InChI=1S/C13H19NO2S/c1-8(2)12(13(15)16-3)9-5-6-10(14)11(7-9)17-4/h5-8,12H,14H2,1-4H3. The van der Waals surface area contributed by atoms with Crippen LogP contribution in [0.3, 0.4) is 0 Å². The predicted molar refractivity (Wildman–Crippen MR) is 72.2 cm³/mol. The van der Waals surface area contributed by atoms with Crippen molar-refractivity contribution in [2.24, 2.45) is 5.92 Å². The average molecular weight is 253 g/mol. The van der Waals surface area contributed by atoms with Gasteiger partial charge in [-0.3, -0.25) is 4.79 Å². The average Bonchev–Trinajstić information content (AvgIpc) is 2.30. The summed E-state index contributed by atoms with van der Waals surface area (Å²) < 4.78 is 4.85. The Bertz CT molecular complexity index is 404. The highest BCUT2D eigenvalue weighted by Crippen LogP contribution is 2.31. The van der Waals surface area contributed by atoms with Crippen molar-refractivity contribution < 1.29 is 9.53 Å². The SMILES string of the molecule is COC(=O)C(c1ccc(N)c(SC)c1)C(C)C. The highest BCUT2D eigenvalue weighted by molar-refractivity contribution is 7.98. The zero-order valence-corrected chi connectivity index (χ0v) is 11.5. The van der Waals surface area contributed by atoms with Crippen LogP contribution in [0.5, 0.6) is 0 Å². The molecule has 1 aromatic rings. The molecule has 0 bridgehead atoms. The molecule has 2 N–H and O–H groups in total. The first-order valence-electron chi connectivity index (χ1n) is 5.52. The van der Waals surface area contributed by atoms with Gasteiger partial charge in [0.05, 0.1) is 13.0 Å². The number of rotatable bonds is 4. The van der Waals surface area contributed by atoms with Crippen LogP contribution < -0.4 is 5.73 Å². The number of anilines is 1. The van der Waals surface area contributed by atoms with E-state index in [0.717, 1.165) is 16.1 Å². The zero-order chi connectivity index (χ0) is 13.0. The van der Waals surface area contributed by atoms with Crippen LogP contribution in [-0.2, 0) is 9.53 Å². The molecule has 0 aliphatic rings. The number of carbonyl (C=O) groups excluding carboxylic acids is 1. The maximum absolute atomic E-state index is 11.8. The van der Waals surface area contributed by atoms with Crippen molar-refractivity contribution in [1.29, 1.82) is 0 Å². The van der Waals surface area contributed by atoms with E-state index < -0.39 is 0 Å². The minimum absolute atomic E-state index is 0.195. The normalized spacial score (nSPS) is 12.5. The first-order chi connectivity index (χ1) is 8.01. The van der Waals surface area contributed by atoms with Gasteiger partial charge in [0.1, 0.15) is 0 Å². The van der Waals surface area contributed by atoms with Gasteiger partial charge in [-0.05, 0) is 29.9 Å². The van der Waals surface area contributed by atoms with Gasteiger partial charge < -0.3 is 10.5 Å². The maximum Gasteiger partial charge on any atom is 0.313 e. The smallest absolute Gasteiger partial charge is 0.313 e. The summed E-state index contributed by atoms with van der Waals surface area (Å²) in [6.45, 7) is 4.02. The second-order valence-electron chi connectivity index (χ2n) is 4.25. The molecule has 0 aliphatic heterocycles. The summed E-state index contributed by atoms with van der Waals surface area (Å²) in [5, 5.41) is 0. The van der Waals surface area contributed by atoms with Crippen LogP contribution in [0.15, 0.2) is 23.1 Å². The molecule has 3 nitrogen and oxygen atoms in total. The van der Waals surface area contributed by atoms with E-state index in [0.29, 0.717) is 0 Å². The lowest BCUT2D eigenvalue weighted by atomic mass is 9.88. The second kappa shape index (κ2) is 5.96. The number of esters is 1. The maximum atomic E-state index is 11.8. The fourth-order valence-electron chi connectivity index (χ4n) is 1.84. The first kappa shape index (κ1) is 13.9. The number of nitrogen functional groups attached to an aromatic ring is 1. The molecule has 0 radical (unpaired) electrons. The molecule has 0 aliphatic carbocycles. The minimum atomic E-state index is -0.230. The van der Waals surface area contributed by atoms with E-state index in [1.165, 1.54) is 7.11 Å². The lowest BCUT2D eigenvalue weighted by molar-refractivity contribution is -0.143. The molecule has 1 aromatic carbocycles. The number of hydrogen-bond acceptors (Lipinski definition) is 4. The molecule has 0 spiro atoms. The largest absolute Gasteiger partial charge is 0.469 e. The van der Waals surface area contributed by atoms with Crippen molar-refractivity contribution in [2.45, 2.75) is 24.7 Å². The molecule has 0 aromatic heterocycles. The summed E-state index contributed by atoms with van der Waals surface area (Å²) in [5.41, 5.74) is 7.56. The number of ether oxygens (including phenoxy) is 1. The Labute approximate surface area is 107 Å². The van der Waals surface area contributed by atoms with Crippen LogP contribution >= 0.6 is 11.8 Å². The Morgan fingerprint density at radius 3 is 2.53 bits per heavy atom. The van der Waals surface area contributed by atoms with Crippen molar-refractivity contribution >= 4 is 23.4 Å². The van der Waals surface area contributed by atoms with E-state index in [2.05, 4.69) is 0 Å². The summed E-state index contributed by atoms with van der Waals surface area (Å²) in [5.74, 6) is -0.232. The topological polar surface area (TPSA) is 52.3 Å². The molecule has 0 fully saturated rings. The highest BCUT2D eigenvalue weighted by atomic mass is 32.2. The van der Waals surface area contributed by atoms with Gasteiger partial charge >= 0.3 is 5.97 Å². The lowest BCUT2D eigenvalue weighted by Crippen LogP contribution is -2.19. The van der Waals surface area contributed by atoms with Crippen molar-refractivity contribution in [1.82, 2.24) is 0 Å². The van der Waals surface area contributed by atoms with Crippen LogP contribution in [0.4, 0.5) is 5.69 Å². The monoisotopic (exact) mass is 253 g/mol. The third-order valence-electron chi connectivity index (χ3n) is 2.74. The van der Waals surface area contributed by atoms with Gasteiger partial charge in [-0.15, -0.1) is 11.8 Å². The van der Waals surface area contributed by atoms with E-state index in [4.69, 9.17) is 10.5 Å². The molecule has 0 saturated heterocycles. The van der Waals surface area contributed by atoms with Crippen molar-refractivity contribution in [3.63, 3.8) is 0 Å². The third-order valence-corrected chi connectivity index (χ3v) is 3.53. The quantitative estimate of drug-likeness (QED) is 0.509. The van der Waals surface area contributed by atoms with Gasteiger partial charge in [0.15, 0.2) is 0 Å². The summed E-state index contributed by atoms with van der Waals surface area (Å²) >= 11 is 1.58. The van der Waals surface area contributed by atoms with Crippen LogP contribution in [0.1, 0.15) is 25.3 Å². The number of hydrogen-bond donors (Lipinski definition) is 1. The number of thioether (sulfide) groups is 1. The molecule has 17 heavy (non-hydrogen) atoms. The van der Waals surface area contributed by atoms with Gasteiger partial charge in [0.2, 0.25) is 0 Å². The second-order valence-corrected chi connectivity index (χ2v) is 5.09. The fourth-order valence-corrected chi connectivity index (χ4v) is 2.40. The Balaban J connectivity index is 3.15. The summed E-state index contributed by atoms with van der Waals surface area (Å²) in [7, 11) is 1.42. The minimum Gasteiger partial charge on any atom is -0.469 e. The Morgan fingerprint density at radius 2 is 2.06 bits per heavy atom. The molecular formula is C13H19NO2S. The number of carbonyl (C=O) groups is 1. The fraction of sp³-hybridized carbons (Fsp3) is 0.462. The molecule has 1 unspecified atom stereocenters. The van der Waals surface area contributed by atoms with Gasteiger partial charge in [-0.25, -0.2) is 0 Å². The summed E-state index contributed by atoms with van der Waals surface area (Å²) in [6.07, 6.45) is 1.97. The van der Waals surface area contributed by atoms with E-state index in [9.17, 15) is 4.79 Å². The molecule has 1 atom stereocenters. The van der Waals surface area contributed by atoms with E-state index in [1.807, 2.05) is 38.3 Å².